The van der Waals surface area contributed by atoms with Gasteiger partial charge < -0.3 is 20.1 Å². The van der Waals surface area contributed by atoms with Crippen molar-refractivity contribution >= 4 is 23.9 Å². The van der Waals surface area contributed by atoms with E-state index in [1.165, 1.54) is 0 Å². The minimum atomic E-state index is -0.363. The lowest BCUT2D eigenvalue weighted by Gasteiger charge is -2.25. The van der Waals surface area contributed by atoms with Crippen LogP contribution in [0.4, 0.5) is 10.5 Å². The maximum atomic E-state index is 13.2. The van der Waals surface area contributed by atoms with Gasteiger partial charge in [-0.25, -0.2) is 14.8 Å². The highest BCUT2D eigenvalue weighted by atomic mass is 16.5. The van der Waals surface area contributed by atoms with Gasteiger partial charge in [-0.2, -0.15) is 0 Å². The standard InChI is InChI=1S/C19H25N5O3/c1-27-15-6-4-5-14(11-15)24-17-16(23(19(24)26)9-2-3-10-25)12-20-18(22-17)21-13-7-8-13/h4-6,11-13,16-17,25H,2-3,7-10H2,1H3,(H,21,22). The van der Waals surface area contributed by atoms with E-state index < -0.39 is 0 Å². The molecule has 27 heavy (non-hydrogen) atoms. The summed E-state index contributed by atoms with van der Waals surface area (Å²) in [5.41, 5.74) is 0.754. The second kappa shape index (κ2) is 7.56. The number of rotatable bonds is 7. The van der Waals surface area contributed by atoms with Crippen molar-refractivity contribution in [3.63, 3.8) is 0 Å². The van der Waals surface area contributed by atoms with Gasteiger partial charge in [-0.1, -0.05) is 6.07 Å². The number of aliphatic imine (C=N–C) groups is 2. The lowest BCUT2D eigenvalue weighted by molar-refractivity contribution is 0.210. The van der Waals surface area contributed by atoms with Crippen molar-refractivity contribution in [3.05, 3.63) is 24.3 Å². The lowest BCUT2D eigenvalue weighted by Crippen LogP contribution is -2.43. The Bertz CT molecular complexity index is 761. The lowest BCUT2D eigenvalue weighted by atomic mass is 10.2. The zero-order chi connectivity index (χ0) is 18.8. The first-order valence-corrected chi connectivity index (χ1v) is 9.44. The normalized spacial score (nSPS) is 24.1. The number of nitrogens with zero attached hydrogens (tertiary/aromatic N) is 4. The number of guanidine groups is 1. The summed E-state index contributed by atoms with van der Waals surface area (Å²) in [6, 6.07) is 7.60. The topological polar surface area (TPSA) is 89.8 Å². The Balaban J connectivity index is 1.63. The number of methoxy groups -OCH3 is 1. The summed E-state index contributed by atoms with van der Waals surface area (Å²) in [4.78, 5) is 25.9. The number of benzene rings is 1. The maximum absolute atomic E-state index is 13.2. The zero-order valence-electron chi connectivity index (χ0n) is 15.4. The van der Waals surface area contributed by atoms with E-state index >= 15 is 0 Å². The zero-order valence-corrected chi connectivity index (χ0v) is 15.4. The fraction of sp³-hybridized carbons (Fsp3) is 0.526. The number of amides is 2. The average molecular weight is 371 g/mol. The van der Waals surface area contributed by atoms with Gasteiger partial charge in [0.2, 0.25) is 5.96 Å². The van der Waals surface area contributed by atoms with Gasteiger partial charge in [-0.15, -0.1) is 0 Å². The summed E-state index contributed by atoms with van der Waals surface area (Å²) < 4.78 is 5.32. The summed E-state index contributed by atoms with van der Waals surface area (Å²) >= 11 is 0. The van der Waals surface area contributed by atoms with E-state index in [1.807, 2.05) is 30.5 Å². The first-order valence-electron chi connectivity index (χ1n) is 9.44. The number of ether oxygens (including phenoxy) is 1. The first kappa shape index (κ1) is 17.8. The molecule has 8 nitrogen and oxygen atoms in total. The summed E-state index contributed by atoms with van der Waals surface area (Å²) in [6.45, 7) is 0.686. The number of urea groups is 1. The molecule has 2 aliphatic heterocycles. The maximum Gasteiger partial charge on any atom is 0.327 e. The third-order valence-corrected chi connectivity index (χ3v) is 5.03. The molecule has 1 aromatic carbocycles. The molecule has 3 aliphatic rings. The molecule has 0 bridgehead atoms. The van der Waals surface area contributed by atoms with Crippen molar-refractivity contribution < 1.29 is 14.6 Å². The minimum absolute atomic E-state index is 0.0981. The van der Waals surface area contributed by atoms with Crippen LogP contribution in [-0.2, 0) is 0 Å². The van der Waals surface area contributed by atoms with Crippen molar-refractivity contribution in [1.82, 2.24) is 10.2 Å². The van der Waals surface area contributed by atoms with Crippen LogP contribution in [0.2, 0.25) is 0 Å². The highest BCUT2D eigenvalue weighted by Crippen LogP contribution is 2.33. The van der Waals surface area contributed by atoms with Gasteiger partial charge in [0, 0.05) is 31.5 Å². The predicted molar refractivity (Wildman–Crippen MR) is 104 cm³/mol. The van der Waals surface area contributed by atoms with Gasteiger partial charge in [0.05, 0.1) is 12.8 Å². The quantitative estimate of drug-likeness (QED) is 0.713. The van der Waals surface area contributed by atoms with E-state index in [0.717, 1.165) is 24.9 Å². The van der Waals surface area contributed by atoms with Crippen molar-refractivity contribution in [3.8, 4) is 5.75 Å². The molecular weight excluding hydrogens is 346 g/mol. The van der Waals surface area contributed by atoms with Gasteiger partial charge >= 0.3 is 6.03 Å². The van der Waals surface area contributed by atoms with E-state index in [1.54, 1.807) is 16.9 Å². The highest BCUT2D eigenvalue weighted by Gasteiger charge is 2.47. The molecule has 2 heterocycles. The molecule has 0 radical (unpaired) electrons. The Morgan fingerprint density at radius 1 is 1.33 bits per heavy atom. The fourth-order valence-corrected chi connectivity index (χ4v) is 3.44. The fourth-order valence-electron chi connectivity index (χ4n) is 3.44. The first-order chi connectivity index (χ1) is 13.2. The van der Waals surface area contributed by atoms with E-state index in [4.69, 9.17) is 14.8 Å². The third-order valence-electron chi connectivity index (χ3n) is 5.03. The minimum Gasteiger partial charge on any atom is -0.497 e. The van der Waals surface area contributed by atoms with Gasteiger partial charge in [0.1, 0.15) is 11.8 Å². The van der Waals surface area contributed by atoms with Gasteiger partial charge in [-0.3, -0.25) is 4.90 Å². The molecule has 4 rings (SSSR count). The SMILES string of the molecule is COc1cccc(N2C(=O)N(CCCCO)C3C=NC(NC4CC4)=NC32)c1. The number of aliphatic hydroxyl groups is 1. The Morgan fingerprint density at radius 3 is 2.93 bits per heavy atom. The monoisotopic (exact) mass is 371 g/mol. The smallest absolute Gasteiger partial charge is 0.327 e. The van der Waals surface area contributed by atoms with Crippen LogP contribution in [-0.4, -0.2) is 66.7 Å². The van der Waals surface area contributed by atoms with E-state index in [2.05, 4.69) is 10.3 Å². The molecule has 2 amide bonds. The number of fused-ring (bicyclic) bond motifs is 1. The summed E-state index contributed by atoms with van der Waals surface area (Å²) in [7, 11) is 1.61. The summed E-state index contributed by atoms with van der Waals surface area (Å²) in [5, 5.41) is 12.4. The van der Waals surface area contributed by atoms with Crippen LogP contribution in [0.15, 0.2) is 34.3 Å². The number of unbranched alkanes of at least 4 members (excludes halogenated alkanes) is 1. The second-order valence-electron chi connectivity index (χ2n) is 7.03. The van der Waals surface area contributed by atoms with E-state index in [0.29, 0.717) is 30.7 Å². The van der Waals surface area contributed by atoms with E-state index in [9.17, 15) is 4.79 Å². The van der Waals surface area contributed by atoms with Crippen LogP contribution >= 0.6 is 0 Å². The number of hydrogen-bond donors (Lipinski definition) is 2. The molecule has 1 saturated carbocycles. The van der Waals surface area contributed by atoms with Crippen LogP contribution < -0.4 is 15.0 Å². The van der Waals surface area contributed by atoms with Crippen LogP contribution in [0.5, 0.6) is 5.75 Å². The second-order valence-corrected chi connectivity index (χ2v) is 7.03. The predicted octanol–water partition coefficient (Wildman–Crippen LogP) is 1.60. The van der Waals surface area contributed by atoms with Gasteiger partial charge in [-0.05, 0) is 37.8 Å². The van der Waals surface area contributed by atoms with Crippen LogP contribution in [0.25, 0.3) is 0 Å². The Morgan fingerprint density at radius 2 is 2.19 bits per heavy atom. The van der Waals surface area contributed by atoms with Crippen molar-refractivity contribution in [2.24, 2.45) is 9.98 Å². The van der Waals surface area contributed by atoms with Crippen molar-refractivity contribution in [1.29, 1.82) is 0 Å². The van der Waals surface area contributed by atoms with Crippen LogP contribution in [0.3, 0.4) is 0 Å². The molecule has 1 saturated heterocycles. The number of anilines is 1. The molecule has 2 N–H and O–H groups in total. The van der Waals surface area contributed by atoms with Crippen molar-refractivity contribution in [2.45, 2.75) is 43.9 Å². The molecule has 8 heteroatoms. The molecule has 1 aliphatic carbocycles. The molecule has 0 spiro atoms. The largest absolute Gasteiger partial charge is 0.497 e. The van der Waals surface area contributed by atoms with Crippen LogP contribution in [0, 0.1) is 0 Å². The summed E-state index contributed by atoms with van der Waals surface area (Å²) in [5.74, 6) is 1.29. The molecule has 2 fully saturated rings. The Labute approximate surface area is 158 Å². The number of aliphatic hydroxyl groups excluding tert-OH is 1. The number of carbonyl (C=O) groups excluding carboxylic acids is 1. The molecular formula is C19H25N5O3. The number of nitrogens with one attached hydrogen (secondary N) is 1. The van der Waals surface area contributed by atoms with Gasteiger partial charge in [0.25, 0.3) is 0 Å². The molecule has 2 atom stereocenters. The Hall–Kier alpha value is -2.61. The van der Waals surface area contributed by atoms with Crippen LogP contribution in [0.1, 0.15) is 25.7 Å². The van der Waals surface area contributed by atoms with Crippen molar-refractivity contribution in [2.75, 3.05) is 25.2 Å². The Kier molecular flexibility index (Phi) is 4.98. The number of carbonyl (C=O) groups is 1. The highest BCUT2D eigenvalue weighted by molar-refractivity contribution is 6.03. The number of hydrogen-bond acceptors (Lipinski definition) is 6. The van der Waals surface area contributed by atoms with E-state index in [-0.39, 0.29) is 24.8 Å². The third kappa shape index (κ3) is 3.62. The molecule has 2 unspecified atom stereocenters. The van der Waals surface area contributed by atoms with Gasteiger partial charge in [0.15, 0.2) is 6.17 Å². The molecule has 1 aromatic rings. The average Bonchev–Trinajstić information content (AvgIpc) is 3.46. The molecule has 0 aromatic heterocycles. The molecule has 144 valence electrons. The summed E-state index contributed by atoms with van der Waals surface area (Å²) in [6.07, 6.45) is 5.12.